The van der Waals surface area contributed by atoms with Crippen molar-refractivity contribution in [1.29, 1.82) is 5.26 Å². The van der Waals surface area contributed by atoms with Gasteiger partial charge in [-0.2, -0.15) is 5.26 Å². The number of rotatable bonds is 5. The van der Waals surface area contributed by atoms with E-state index < -0.39 is 5.54 Å². The van der Waals surface area contributed by atoms with Crippen molar-refractivity contribution in [2.24, 2.45) is 11.7 Å². The Morgan fingerprint density at radius 1 is 1.69 bits per heavy atom. The van der Waals surface area contributed by atoms with Crippen molar-refractivity contribution < 1.29 is 0 Å². The predicted molar refractivity (Wildman–Crippen MR) is 61.5 cm³/mol. The number of nitriles is 1. The summed E-state index contributed by atoms with van der Waals surface area (Å²) in [5.74, 6) is 1.41. The molecule has 1 aromatic rings. The van der Waals surface area contributed by atoms with Crippen LogP contribution in [0.25, 0.3) is 0 Å². The third-order valence-electron chi connectivity index (χ3n) is 3.22. The summed E-state index contributed by atoms with van der Waals surface area (Å²) in [4.78, 5) is 4.30. The summed E-state index contributed by atoms with van der Waals surface area (Å²) >= 11 is 0. The first-order valence-corrected chi connectivity index (χ1v) is 5.89. The number of aromatic nitrogens is 2. The molecule has 0 spiro atoms. The van der Waals surface area contributed by atoms with Crippen LogP contribution in [-0.4, -0.2) is 15.1 Å². The zero-order valence-corrected chi connectivity index (χ0v) is 9.69. The molecule has 2 N–H and O–H groups in total. The highest BCUT2D eigenvalue weighted by Gasteiger charge is 2.43. The Bertz CT molecular complexity index is 399. The lowest BCUT2D eigenvalue weighted by Gasteiger charge is -2.22. The first-order chi connectivity index (χ1) is 7.69. The van der Waals surface area contributed by atoms with Gasteiger partial charge in [-0.3, -0.25) is 0 Å². The maximum atomic E-state index is 9.21. The number of nitrogens with zero attached hydrogens (tertiary/aromatic N) is 3. The first kappa shape index (κ1) is 11.2. The van der Waals surface area contributed by atoms with Crippen LogP contribution in [0.4, 0.5) is 0 Å². The summed E-state index contributed by atoms with van der Waals surface area (Å²) < 4.78 is 2.03. The van der Waals surface area contributed by atoms with Crippen LogP contribution in [0.2, 0.25) is 0 Å². The fraction of sp³-hybridized carbons (Fsp3) is 0.667. The number of aryl methyl sites for hydroxylation is 1. The highest BCUT2D eigenvalue weighted by Crippen LogP contribution is 2.38. The summed E-state index contributed by atoms with van der Waals surface area (Å²) in [5.41, 5.74) is 5.44. The second-order valence-electron chi connectivity index (χ2n) is 4.65. The average Bonchev–Trinajstić information content (AvgIpc) is 3.05. The maximum Gasteiger partial charge on any atom is 0.125 e. The second-order valence-corrected chi connectivity index (χ2v) is 4.65. The van der Waals surface area contributed by atoms with E-state index in [-0.39, 0.29) is 0 Å². The Kier molecular flexibility index (Phi) is 2.97. The van der Waals surface area contributed by atoms with Gasteiger partial charge in [-0.25, -0.2) is 4.98 Å². The third kappa shape index (κ3) is 2.10. The molecule has 1 fully saturated rings. The van der Waals surface area contributed by atoms with Gasteiger partial charge in [0, 0.05) is 18.8 Å². The van der Waals surface area contributed by atoms with Crippen molar-refractivity contribution in [2.75, 3.05) is 0 Å². The van der Waals surface area contributed by atoms with E-state index in [1.807, 2.05) is 10.8 Å². The largest absolute Gasteiger partial charge is 0.332 e. The predicted octanol–water partition coefficient (Wildman–Crippen LogP) is 1.47. The number of hydrogen-bond acceptors (Lipinski definition) is 3. The summed E-state index contributed by atoms with van der Waals surface area (Å²) in [6.07, 6.45) is 7.88. The molecule has 4 heteroatoms. The van der Waals surface area contributed by atoms with Crippen LogP contribution in [0, 0.1) is 17.2 Å². The molecule has 0 amide bonds. The van der Waals surface area contributed by atoms with E-state index in [1.54, 1.807) is 6.20 Å². The minimum absolute atomic E-state index is 0.370. The number of hydrogen-bond donors (Lipinski definition) is 1. The quantitative estimate of drug-likeness (QED) is 0.813. The van der Waals surface area contributed by atoms with Crippen molar-refractivity contribution in [3.63, 3.8) is 0 Å². The molecule has 1 aliphatic rings. The molecule has 0 aromatic carbocycles. The van der Waals surface area contributed by atoms with Gasteiger partial charge in [-0.15, -0.1) is 0 Å². The summed E-state index contributed by atoms with van der Waals surface area (Å²) in [6, 6.07) is 2.28. The van der Waals surface area contributed by atoms with Crippen molar-refractivity contribution >= 4 is 0 Å². The fourth-order valence-electron chi connectivity index (χ4n) is 2.07. The van der Waals surface area contributed by atoms with Gasteiger partial charge < -0.3 is 10.3 Å². The lowest BCUT2D eigenvalue weighted by Crippen LogP contribution is -2.45. The number of nitrogens with two attached hydrogens (primary N) is 1. The summed E-state index contributed by atoms with van der Waals surface area (Å²) in [6.45, 7) is 2.70. The van der Waals surface area contributed by atoms with Crippen LogP contribution in [0.5, 0.6) is 0 Å². The van der Waals surface area contributed by atoms with E-state index in [2.05, 4.69) is 18.0 Å². The van der Waals surface area contributed by atoms with Crippen molar-refractivity contribution in [3.05, 3.63) is 18.2 Å². The SMILES string of the molecule is CCCc1nccn1CC(N)(C#N)C1CC1. The van der Waals surface area contributed by atoms with Gasteiger partial charge in [0.2, 0.25) is 0 Å². The molecule has 1 aromatic heterocycles. The van der Waals surface area contributed by atoms with E-state index in [9.17, 15) is 5.26 Å². The molecule has 1 saturated carbocycles. The molecule has 1 unspecified atom stereocenters. The normalized spacial score (nSPS) is 19.1. The molecule has 1 aliphatic carbocycles. The average molecular weight is 218 g/mol. The van der Waals surface area contributed by atoms with Crippen LogP contribution in [0.3, 0.4) is 0 Å². The van der Waals surface area contributed by atoms with Crippen molar-refractivity contribution in [1.82, 2.24) is 9.55 Å². The van der Waals surface area contributed by atoms with Gasteiger partial charge >= 0.3 is 0 Å². The Morgan fingerprint density at radius 2 is 2.44 bits per heavy atom. The zero-order chi connectivity index (χ0) is 11.6. The third-order valence-corrected chi connectivity index (χ3v) is 3.22. The minimum atomic E-state index is -0.705. The van der Waals surface area contributed by atoms with E-state index >= 15 is 0 Å². The van der Waals surface area contributed by atoms with E-state index in [4.69, 9.17) is 5.73 Å². The standard InChI is InChI=1S/C12H18N4/c1-2-3-11-15-6-7-16(11)9-12(14,8-13)10-4-5-10/h6-7,10H,2-5,9,14H2,1H3. The Balaban J connectivity index is 2.13. The van der Waals surface area contributed by atoms with Gasteiger partial charge in [0.25, 0.3) is 0 Å². The molecule has 0 bridgehead atoms. The Hall–Kier alpha value is -1.34. The van der Waals surface area contributed by atoms with E-state index in [0.717, 1.165) is 31.5 Å². The first-order valence-electron chi connectivity index (χ1n) is 5.89. The van der Waals surface area contributed by atoms with Gasteiger partial charge in [0.15, 0.2) is 0 Å². The smallest absolute Gasteiger partial charge is 0.125 e. The molecule has 0 radical (unpaired) electrons. The van der Waals surface area contributed by atoms with Gasteiger partial charge in [0.1, 0.15) is 11.4 Å². The van der Waals surface area contributed by atoms with Crippen LogP contribution in [-0.2, 0) is 13.0 Å². The van der Waals surface area contributed by atoms with Crippen molar-refractivity contribution in [2.45, 2.75) is 44.7 Å². The molecular formula is C12H18N4. The highest BCUT2D eigenvalue weighted by molar-refractivity contribution is 5.14. The number of imidazole rings is 1. The van der Waals surface area contributed by atoms with Crippen LogP contribution >= 0.6 is 0 Å². The minimum Gasteiger partial charge on any atom is -0.332 e. The Labute approximate surface area is 96.1 Å². The molecular weight excluding hydrogens is 200 g/mol. The van der Waals surface area contributed by atoms with Gasteiger partial charge in [0.05, 0.1) is 12.6 Å². The molecule has 1 atom stereocenters. The second kappa shape index (κ2) is 4.26. The molecule has 1 heterocycles. The summed E-state index contributed by atoms with van der Waals surface area (Å²) in [5, 5.41) is 9.21. The summed E-state index contributed by atoms with van der Waals surface area (Å²) in [7, 11) is 0. The lowest BCUT2D eigenvalue weighted by molar-refractivity contribution is 0.398. The van der Waals surface area contributed by atoms with Gasteiger partial charge in [-0.05, 0) is 25.2 Å². The molecule has 4 nitrogen and oxygen atoms in total. The van der Waals surface area contributed by atoms with E-state index in [0.29, 0.717) is 12.5 Å². The Morgan fingerprint density at radius 3 is 3.00 bits per heavy atom. The molecule has 2 rings (SSSR count). The van der Waals surface area contributed by atoms with Crippen LogP contribution in [0.15, 0.2) is 12.4 Å². The van der Waals surface area contributed by atoms with E-state index in [1.165, 1.54) is 0 Å². The lowest BCUT2D eigenvalue weighted by atomic mass is 9.96. The topological polar surface area (TPSA) is 67.6 Å². The fourth-order valence-corrected chi connectivity index (χ4v) is 2.07. The van der Waals surface area contributed by atoms with Crippen molar-refractivity contribution in [3.8, 4) is 6.07 Å². The van der Waals surface area contributed by atoms with Crippen LogP contribution < -0.4 is 5.73 Å². The molecule has 86 valence electrons. The molecule has 16 heavy (non-hydrogen) atoms. The monoisotopic (exact) mass is 218 g/mol. The highest BCUT2D eigenvalue weighted by atomic mass is 15.1. The van der Waals surface area contributed by atoms with Crippen LogP contribution in [0.1, 0.15) is 32.0 Å². The maximum absolute atomic E-state index is 9.21. The molecule has 0 saturated heterocycles. The van der Waals surface area contributed by atoms with Gasteiger partial charge in [-0.1, -0.05) is 6.92 Å². The zero-order valence-electron chi connectivity index (χ0n) is 9.69. The molecule has 0 aliphatic heterocycles.